The maximum atomic E-state index is 12.4. The molecule has 1 heterocycles. The highest BCUT2D eigenvalue weighted by Gasteiger charge is 2.11. The Bertz CT molecular complexity index is 435. The molecule has 0 amide bonds. The summed E-state index contributed by atoms with van der Waals surface area (Å²) in [5, 5.41) is 0.876. The van der Waals surface area contributed by atoms with Crippen LogP contribution in [-0.2, 0) is 0 Å². The number of benzene rings is 1. The van der Waals surface area contributed by atoms with Crippen LogP contribution in [0.25, 0.3) is 10.1 Å². The average molecular weight is 230 g/mol. The predicted octanol–water partition coefficient (Wildman–Crippen LogP) is 4.44. The molecule has 4 heteroatoms. The molecule has 0 saturated carbocycles. The monoisotopic (exact) mass is 230 g/mol. The van der Waals surface area contributed by atoms with Crippen molar-refractivity contribution in [3.63, 3.8) is 0 Å². The van der Waals surface area contributed by atoms with Gasteiger partial charge in [0.25, 0.3) is 6.43 Å². The fourth-order valence-electron chi connectivity index (χ4n) is 1.32. The zero-order valence-corrected chi connectivity index (χ0v) is 9.13. The molecule has 0 aliphatic heterocycles. The Morgan fingerprint density at radius 1 is 1.29 bits per heavy atom. The first-order chi connectivity index (χ1) is 6.58. The summed E-state index contributed by atoms with van der Waals surface area (Å²) < 4.78 is 25.7. The molecule has 0 spiro atoms. The summed E-state index contributed by atoms with van der Waals surface area (Å²) in [7, 11) is 0. The molecule has 0 bridgehead atoms. The van der Waals surface area contributed by atoms with Gasteiger partial charge in [-0.05, 0) is 36.1 Å². The normalized spacial score (nSPS) is 11.5. The SMILES string of the molecule is Cc1cc2cc(C(F)F)sc2cc1S. The first-order valence-corrected chi connectivity index (χ1v) is 5.35. The Morgan fingerprint density at radius 2 is 2.00 bits per heavy atom. The highest BCUT2D eigenvalue weighted by atomic mass is 32.1. The van der Waals surface area contributed by atoms with E-state index < -0.39 is 6.43 Å². The van der Waals surface area contributed by atoms with E-state index in [4.69, 9.17) is 0 Å². The average Bonchev–Trinajstić information content (AvgIpc) is 2.48. The van der Waals surface area contributed by atoms with E-state index in [1.54, 1.807) is 6.07 Å². The maximum Gasteiger partial charge on any atom is 0.272 e. The van der Waals surface area contributed by atoms with Crippen LogP contribution in [-0.4, -0.2) is 0 Å². The third-order valence-electron chi connectivity index (χ3n) is 2.07. The van der Waals surface area contributed by atoms with Gasteiger partial charge in [-0.1, -0.05) is 0 Å². The van der Waals surface area contributed by atoms with Crippen molar-refractivity contribution in [2.45, 2.75) is 18.2 Å². The van der Waals surface area contributed by atoms with E-state index in [0.29, 0.717) is 0 Å². The van der Waals surface area contributed by atoms with E-state index in [9.17, 15) is 8.78 Å². The van der Waals surface area contributed by atoms with Crippen molar-refractivity contribution in [2.75, 3.05) is 0 Å². The van der Waals surface area contributed by atoms with Crippen LogP contribution in [0, 0.1) is 6.92 Å². The summed E-state index contributed by atoms with van der Waals surface area (Å²) in [6.45, 7) is 1.92. The molecule has 0 atom stereocenters. The van der Waals surface area contributed by atoms with Crippen molar-refractivity contribution in [3.05, 3.63) is 28.6 Å². The lowest BCUT2D eigenvalue weighted by Gasteiger charge is -1.97. The zero-order chi connectivity index (χ0) is 10.3. The lowest BCUT2D eigenvalue weighted by atomic mass is 10.2. The Balaban J connectivity index is 2.66. The van der Waals surface area contributed by atoms with E-state index in [1.807, 2.05) is 19.1 Å². The second kappa shape index (κ2) is 3.51. The van der Waals surface area contributed by atoms with Gasteiger partial charge in [-0.3, -0.25) is 0 Å². The van der Waals surface area contributed by atoms with Crippen molar-refractivity contribution in [2.24, 2.45) is 0 Å². The third-order valence-corrected chi connectivity index (χ3v) is 3.66. The maximum absolute atomic E-state index is 12.4. The number of fused-ring (bicyclic) bond motifs is 1. The lowest BCUT2D eigenvalue weighted by molar-refractivity contribution is 0.156. The van der Waals surface area contributed by atoms with Crippen LogP contribution in [0.4, 0.5) is 8.78 Å². The Labute approximate surface area is 90.0 Å². The quantitative estimate of drug-likeness (QED) is 0.688. The van der Waals surface area contributed by atoms with Crippen molar-refractivity contribution in [3.8, 4) is 0 Å². The van der Waals surface area contributed by atoms with Crippen LogP contribution in [0.3, 0.4) is 0 Å². The van der Waals surface area contributed by atoms with E-state index >= 15 is 0 Å². The summed E-state index contributed by atoms with van der Waals surface area (Å²) in [5.41, 5.74) is 1.01. The molecule has 2 rings (SSSR count). The van der Waals surface area contributed by atoms with Gasteiger partial charge in [-0.2, -0.15) is 0 Å². The standard InChI is InChI=1S/C10H8F2S2/c1-5-2-6-3-9(10(11)12)14-8(6)4-7(5)13/h2-4,10,13H,1H3. The molecule has 1 aromatic carbocycles. The van der Waals surface area contributed by atoms with Crippen LogP contribution in [0.5, 0.6) is 0 Å². The van der Waals surface area contributed by atoms with Crippen molar-refractivity contribution in [1.82, 2.24) is 0 Å². The molecule has 2 aromatic rings. The number of rotatable bonds is 1. The van der Waals surface area contributed by atoms with Crippen LogP contribution in [0.15, 0.2) is 23.1 Å². The second-order valence-electron chi connectivity index (χ2n) is 3.13. The molecule has 14 heavy (non-hydrogen) atoms. The number of aryl methyl sites for hydroxylation is 1. The van der Waals surface area contributed by atoms with Gasteiger partial charge < -0.3 is 0 Å². The summed E-state index contributed by atoms with van der Waals surface area (Å²) >= 11 is 5.38. The summed E-state index contributed by atoms with van der Waals surface area (Å²) in [5.74, 6) is 0. The van der Waals surface area contributed by atoms with Crippen LogP contribution in [0.2, 0.25) is 0 Å². The van der Waals surface area contributed by atoms with Gasteiger partial charge >= 0.3 is 0 Å². The molecule has 0 radical (unpaired) electrons. The van der Waals surface area contributed by atoms with Crippen molar-refractivity contribution < 1.29 is 8.78 Å². The van der Waals surface area contributed by atoms with Gasteiger partial charge in [0.15, 0.2) is 0 Å². The third kappa shape index (κ3) is 1.64. The van der Waals surface area contributed by atoms with E-state index in [2.05, 4.69) is 12.6 Å². The minimum Gasteiger partial charge on any atom is -0.204 e. The zero-order valence-electron chi connectivity index (χ0n) is 7.42. The Morgan fingerprint density at radius 3 is 2.64 bits per heavy atom. The van der Waals surface area contributed by atoms with E-state index in [-0.39, 0.29) is 4.88 Å². The molecule has 0 saturated heterocycles. The van der Waals surface area contributed by atoms with E-state index in [1.165, 1.54) is 0 Å². The van der Waals surface area contributed by atoms with Gasteiger partial charge in [0.1, 0.15) is 0 Å². The van der Waals surface area contributed by atoms with Crippen LogP contribution < -0.4 is 0 Å². The summed E-state index contributed by atoms with van der Waals surface area (Å²) in [6.07, 6.45) is -2.38. The summed E-state index contributed by atoms with van der Waals surface area (Å²) in [4.78, 5) is 0.971. The predicted molar refractivity (Wildman–Crippen MR) is 58.8 cm³/mol. The number of hydrogen-bond donors (Lipinski definition) is 1. The first kappa shape index (κ1) is 9.93. The molecular weight excluding hydrogens is 222 g/mol. The van der Waals surface area contributed by atoms with Crippen LogP contribution >= 0.6 is 24.0 Å². The fourth-order valence-corrected chi connectivity index (χ4v) is 2.54. The Kier molecular flexibility index (Phi) is 2.49. The highest BCUT2D eigenvalue weighted by Crippen LogP contribution is 2.34. The smallest absolute Gasteiger partial charge is 0.204 e. The van der Waals surface area contributed by atoms with Crippen LogP contribution in [0.1, 0.15) is 16.9 Å². The highest BCUT2D eigenvalue weighted by molar-refractivity contribution is 7.80. The number of thiophene rings is 1. The molecule has 74 valence electrons. The van der Waals surface area contributed by atoms with E-state index in [0.717, 1.165) is 31.9 Å². The molecule has 1 aromatic heterocycles. The number of halogens is 2. The van der Waals surface area contributed by atoms with Gasteiger partial charge in [0.2, 0.25) is 0 Å². The minimum atomic E-state index is -2.38. The van der Waals surface area contributed by atoms with Gasteiger partial charge in [0.05, 0.1) is 4.88 Å². The lowest BCUT2D eigenvalue weighted by Crippen LogP contribution is -1.74. The molecular formula is C10H8F2S2. The van der Waals surface area contributed by atoms with Gasteiger partial charge in [0, 0.05) is 9.60 Å². The molecule has 0 aliphatic rings. The Hall–Kier alpha value is -0.610. The molecule has 0 nitrogen and oxygen atoms in total. The molecule has 0 unspecified atom stereocenters. The first-order valence-electron chi connectivity index (χ1n) is 4.09. The second-order valence-corrected chi connectivity index (χ2v) is 4.72. The van der Waals surface area contributed by atoms with Gasteiger partial charge in [-0.25, -0.2) is 8.78 Å². The number of hydrogen-bond acceptors (Lipinski definition) is 2. The minimum absolute atomic E-state index is 0.123. The van der Waals surface area contributed by atoms with Crippen molar-refractivity contribution in [1.29, 1.82) is 0 Å². The van der Waals surface area contributed by atoms with Crippen molar-refractivity contribution >= 4 is 34.1 Å². The molecule has 0 fully saturated rings. The number of alkyl halides is 2. The topological polar surface area (TPSA) is 0 Å². The fraction of sp³-hybridized carbons (Fsp3) is 0.200. The molecule has 0 aliphatic carbocycles. The summed E-state index contributed by atoms with van der Waals surface area (Å²) in [6, 6.07) is 5.27. The van der Waals surface area contributed by atoms with Gasteiger partial charge in [-0.15, -0.1) is 24.0 Å². The largest absolute Gasteiger partial charge is 0.272 e. The number of thiol groups is 1. The molecule has 0 N–H and O–H groups in total.